The van der Waals surface area contributed by atoms with Crippen molar-refractivity contribution in [1.82, 2.24) is 4.90 Å². The highest BCUT2D eigenvalue weighted by atomic mass is 32.2. The summed E-state index contributed by atoms with van der Waals surface area (Å²) in [5.41, 5.74) is 1.92. The van der Waals surface area contributed by atoms with Crippen molar-refractivity contribution in [1.29, 1.82) is 0 Å². The first kappa shape index (κ1) is 18.7. The van der Waals surface area contributed by atoms with E-state index in [2.05, 4.69) is 0 Å². The van der Waals surface area contributed by atoms with Gasteiger partial charge in [0, 0.05) is 23.5 Å². The molecule has 1 amide bonds. The van der Waals surface area contributed by atoms with Crippen LogP contribution in [-0.4, -0.2) is 36.8 Å². The molecule has 28 heavy (non-hydrogen) atoms. The lowest BCUT2D eigenvalue weighted by Gasteiger charge is -2.28. The van der Waals surface area contributed by atoms with Crippen LogP contribution in [0.2, 0.25) is 0 Å². The number of para-hydroxylation sites is 1. The van der Waals surface area contributed by atoms with Crippen molar-refractivity contribution in [3.05, 3.63) is 71.2 Å². The van der Waals surface area contributed by atoms with Crippen molar-refractivity contribution in [3.8, 4) is 0 Å². The fourth-order valence-electron chi connectivity index (χ4n) is 3.73. The molecule has 1 fully saturated rings. The summed E-state index contributed by atoms with van der Waals surface area (Å²) in [5, 5.41) is 0.843. The number of rotatable bonds is 4. The van der Waals surface area contributed by atoms with Gasteiger partial charge in [0.05, 0.1) is 11.5 Å². The molecule has 0 saturated carbocycles. The second kappa shape index (κ2) is 7.05. The van der Waals surface area contributed by atoms with Crippen LogP contribution in [0.15, 0.2) is 52.9 Å². The van der Waals surface area contributed by atoms with Gasteiger partial charge in [-0.15, -0.1) is 0 Å². The third-order valence-corrected chi connectivity index (χ3v) is 6.94. The van der Waals surface area contributed by atoms with E-state index in [4.69, 9.17) is 4.42 Å². The Morgan fingerprint density at radius 2 is 2.00 bits per heavy atom. The molecule has 0 unspecified atom stereocenters. The SMILES string of the molecule is Cc1c(C(=O)N(Cc2cccc(F)c2)[C@H]2CCS(=O)(=O)C2)oc2ccccc12. The van der Waals surface area contributed by atoms with Gasteiger partial charge in [0.2, 0.25) is 0 Å². The molecule has 146 valence electrons. The third kappa shape index (κ3) is 3.54. The fraction of sp³-hybridized carbons (Fsp3) is 0.286. The first-order chi connectivity index (χ1) is 13.3. The van der Waals surface area contributed by atoms with Crippen LogP contribution in [0.25, 0.3) is 11.0 Å². The maximum atomic E-state index is 13.6. The predicted octanol–water partition coefficient (Wildman–Crippen LogP) is 3.71. The zero-order valence-electron chi connectivity index (χ0n) is 15.4. The summed E-state index contributed by atoms with van der Waals surface area (Å²) in [6.45, 7) is 1.93. The van der Waals surface area contributed by atoms with Crippen LogP contribution in [0, 0.1) is 12.7 Å². The molecule has 0 N–H and O–H groups in total. The summed E-state index contributed by atoms with van der Waals surface area (Å²) in [6.07, 6.45) is 0.364. The van der Waals surface area contributed by atoms with E-state index in [1.807, 2.05) is 25.1 Å². The van der Waals surface area contributed by atoms with Gasteiger partial charge in [0.25, 0.3) is 5.91 Å². The number of aryl methyl sites for hydroxylation is 1. The molecule has 1 aromatic heterocycles. The number of hydrogen-bond donors (Lipinski definition) is 0. The van der Waals surface area contributed by atoms with E-state index in [1.54, 1.807) is 18.2 Å². The minimum atomic E-state index is -3.19. The summed E-state index contributed by atoms with van der Waals surface area (Å²) in [7, 11) is -3.19. The molecule has 0 aliphatic carbocycles. The second-order valence-corrected chi connectivity index (χ2v) is 9.40. The smallest absolute Gasteiger partial charge is 0.290 e. The number of carbonyl (C=O) groups is 1. The molecule has 0 radical (unpaired) electrons. The number of amides is 1. The van der Waals surface area contributed by atoms with E-state index < -0.39 is 21.7 Å². The average molecular weight is 401 g/mol. The molecule has 3 aromatic rings. The Morgan fingerprint density at radius 3 is 2.68 bits per heavy atom. The largest absolute Gasteiger partial charge is 0.451 e. The van der Waals surface area contributed by atoms with Crippen molar-refractivity contribution in [2.75, 3.05) is 11.5 Å². The maximum Gasteiger partial charge on any atom is 0.290 e. The second-order valence-electron chi connectivity index (χ2n) is 7.17. The minimum absolute atomic E-state index is 0.0453. The Kier molecular flexibility index (Phi) is 4.71. The Morgan fingerprint density at radius 1 is 1.21 bits per heavy atom. The molecule has 4 rings (SSSR count). The van der Waals surface area contributed by atoms with Crippen LogP contribution < -0.4 is 0 Å². The standard InChI is InChI=1S/C21H20FNO4S/c1-14-18-7-2-3-8-19(18)27-20(14)21(24)23(17-9-10-28(25,26)13-17)12-15-5-4-6-16(22)11-15/h2-8,11,17H,9-10,12-13H2,1H3/t17-/m0/s1. The van der Waals surface area contributed by atoms with Crippen molar-refractivity contribution in [2.24, 2.45) is 0 Å². The molecule has 5 nitrogen and oxygen atoms in total. The van der Waals surface area contributed by atoms with Gasteiger partial charge < -0.3 is 9.32 Å². The Hall–Kier alpha value is -2.67. The highest BCUT2D eigenvalue weighted by molar-refractivity contribution is 7.91. The van der Waals surface area contributed by atoms with E-state index in [9.17, 15) is 17.6 Å². The van der Waals surface area contributed by atoms with Gasteiger partial charge in [0.1, 0.15) is 11.4 Å². The van der Waals surface area contributed by atoms with Crippen LogP contribution in [0.3, 0.4) is 0 Å². The average Bonchev–Trinajstić information content (AvgIpc) is 3.19. The van der Waals surface area contributed by atoms with Crippen LogP contribution in [-0.2, 0) is 16.4 Å². The molecule has 1 atom stereocenters. The molecule has 1 aliphatic heterocycles. The quantitative estimate of drug-likeness (QED) is 0.668. The van der Waals surface area contributed by atoms with E-state index in [1.165, 1.54) is 17.0 Å². The van der Waals surface area contributed by atoms with Gasteiger partial charge in [0.15, 0.2) is 15.6 Å². The summed E-state index contributed by atoms with van der Waals surface area (Å²) < 4.78 is 43.4. The van der Waals surface area contributed by atoms with Gasteiger partial charge in [-0.25, -0.2) is 12.8 Å². The highest BCUT2D eigenvalue weighted by Gasteiger charge is 2.36. The molecular formula is C21H20FNO4S. The molecule has 0 bridgehead atoms. The number of fused-ring (bicyclic) bond motifs is 1. The van der Waals surface area contributed by atoms with Crippen LogP contribution >= 0.6 is 0 Å². The van der Waals surface area contributed by atoms with Crippen LogP contribution in [0.1, 0.15) is 28.1 Å². The molecule has 0 spiro atoms. The predicted molar refractivity (Wildman–Crippen MR) is 104 cm³/mol. The molecular weight excluding hydrogens is 381 g/mol. The van der Waals surface area contributed by atoms with Crippen molar-refractivity contribution in [2.45, 2.75) is 25.9 Å². The fourth-order valence-corrected chi connectivity index (χ4v) is 5.46. The lowest BCUT2D eigenvalue weighted by atomic mass is 10.1. The number of hydrogen-bond acceptors (Lipinski definition) is 4. The van der Waals surface area contributed by atoms with E-state index in [0.717, 1.165) is 5.39 Å². The van der Waals surface area contributed by atoms with Crippen LogP contribution in [0.4, 0.5) is 4.39 Å². The van der Waals surface area contributed by atoms with Crippen molar-refractivity contribution in [3.63, 3.8) is 0 Å². The summed E-state index contributed by atoms with van der Waals surface area (Å²) in [4.78, 5) is 14.9. The summed E-state index contributed by atoms with van der Waals surface area (Å²) in [6, 6.07) is 12.9. The number of benzene rings is 2. The summed E-state index contributed by atoms with van der Waals surface area (Å²) >= 11 is 0. The maximum absolute atomic E-state index is 13.6. The monoisotopic (exact) mass is 401 g/mol. The Balaban J connectivity index is 1.73. The van der Waals surface area contributed by atoms with Crippen LogP contribution in [0.5, 0.6) is 0 Å². The van der Waals surface area contributed by atoms with Crippen molar-refractivity contribution >= 4 is 26.7 Å². The number of carbonyl (C=O) groups excluding carboxylic acids is 1. The van der Waals surface area contributed by atoms with Gasteiger partial charge in [-0.1, -0.05) is 30.3 Å². The zero-order chi connectivity index (χ0) is 19.9. The van der Waals surface area contributed by atoms with Gasteiger partial charge in [-0.2, -0.15) is 0 Å². The van der Waals surface area contributed by atoms with Gasteiger partial charge in [-0.3, -0.25) is 4.79 Å². The first-order valence-electron chi connectivity index (χ1n) is 9.08. The molecule has 1 saturated heterocycles. The summed E-state index contributed by atoms with van der Waals surface area (Å²) in [5.74, 6) is -0.623. The van der Waals surface area contributed by atoms with Crippen molar-refractivity contribution < 1.29 is 22.0 Å². The van der Waals surface area contributed by atoms with E-state index >= 15 is 0 Å². The third-order valence-electron chi connectivity index (χ3n) is 5.19. The number of halogens is 1. The lowest BCUT2D eigenvalue weighted by Crippen LogP contribution is -2.40. The highest BCUT2D eigenvalue weighted by Crippen LogP contribution is 2.29. The van der Waals surface area contributed by atoms with Gasteiger partial charge in [-0.05, 0) is 37.1 Å². The number of furan rings is 1. The zero-order valence-corrected chi connectivity index (χ0v) is 16.2. The molecule has 2 heterocycles. The Bertz CT molecular complexity index is 1150. The Labute approximate surface area is 162 Å². The molecule has 2 aromatic carbocycles. The number of sulfone groups is 1. The normalized spacial score (nSPS) is 18.4. The van der Waals surface area contributed by atoms with Gasteiger partial charge >= 0.3 is 0 Å². The molecule has 7 heteroatoms. The minimum Gasteiger partial charge on any atom is -0.451 e. The van der Waals surface area contributed by atoms with E-state index in [0.29, 0.717) is 23.1 Å². The lowest BCUT2D eigenvalue weighted by molar-refractivity contribution is 0.0649. The molecule has 1 aliphatic rings. The first-order valence-corrected chi connectivity index (χ1v) is 10.9. The number of nitrogens with zero attached hydrogens (tertiary/aromatic N) is 1. The van der Waals surface area contributed by atoms with E-state index in [-0.39, 0.29) is 29.7 Å². The topological polar surface area (TPSA) is 67.6 Å².